The molecule has 1 heterocycles. The highest BCUT2D eigenvalue weighted by Crippen LogP contribution is 2.34. The van der Waals surface area contributed by atoms with Crippen LogP contribution < -0.4 is 4.74 Å². The van der Waals surface area contributed by atoms with Crippen molar-refractivity contribution in [2.24, 2.45) is 0 Å². The molecule has 0 atom stereocenters. The van der Waals surface area contributed by atoms with E-state index in [0.717, 1.165) is 12.1 Å². The molecule has 0 aliphatic heterocycles. The highest BCUT2D eigenvalue weighted by molar-refractivity contribution is 5.66. The Morgan fingerprint density at radius 3 is 2.13 bits per heavy atom. The fourth-order valence-corrected chi connectivity index (χ4v) is 1.77. The summed E-state index contributed by atoms with van der Waals surface area (Å²) in [6.45, 7) is -3.31. The minimum atomic E-state index is -3.36. The van der Waals surface area contributed by atoms with Crippen LogP contribution in [0.2, 0.25) is 0 Å². The zero-order valence-electron chi connectivity index (χ0n) is 11.0. The number of hydrogen-bond acceptors (Lipinski definition) is 3. The molecule has 2 rings (SSSR count). The second kappa shape index (κ2) is 6.80. The van der Waals surface area contributed by atoms with E-state index in [9.17, 15) is 30.7 Å². The fraction of sp³-hybridized carbons (Fsp3) is 0.231. The summed E-state index contributed by atoms with van der Waals surface area (Å²) in [6.07, 6.45) is -5.95. The van der Waals surface area contributed by atoms with Crippen molar-refractivity contribution in [2.45, 2.75) is 19.5 Å². The number of alkyl halides is 6. The van der Waals surface area contributed by atoms with E-state index in [-0.39, 0.29) is 5.56 Å². The first-order valence-electron chi connectivity index (χ1n) is 5.97. The number of benzene rings is 1. The third-order valence-corrected chi connectivity index (χ3v) is 2.68. The molecule has 23 heavy (non-hydrogen) atoms. The Morgan fingerprint density at radius 2 is 1.57 bits per heavy atom. The summed E-state index contributed by atoms with van der Waals surface area (Å²) < 4.78 is 92.7. The van der Waals surface area contributed by atoms with Crippen molar-refractivity contribution in [2.75, 3.05) is 0 Å². The van der Waals surface area contributed by atoms with E-state index in [1.165, 1.54) is 0 Å². The van der Waals surface area contributed by atoms with Crippen LogP contribution >= 0.6 is 0 Å². The summed E-state index contributed by atoms with van der Waals surface area (Å²) in [5, 5.41) is 0. The summed E-state index contributed by atoms with van der Waals surface area (Å²) in [7, 11) is 0. The van der Waals surface area contributed by atoms with Gasteiger partial charge in [-0.15, -0.1) is 0 Å². The maximum absolute atomic E-state index is 13.1. The van der Waals surface area contributed by atoms with Crippen molar-refractivity contribution < 1.29 is 35.5 Å². The Labute approximate surface area is 124 Å². The summed E-state index contributed by atoms with van der Waals surface area (Å²) in [4.78, 5) is 6.51. The molecule has 10 heteroatoms. The van der Waals surface area contributed by atoms with Crippen LogP contribution in [0.1, 0.15) is 24.2 Å². The number of nitrogens with zero attached hydrogens (tertiary/aromatic N) is 2. The lowest BCUT2D eigenvalue weighted by atomic mass is 10.1. The predicted molar refractivity (Wildman–Crippen MR) is 64.0 cm³/mol. The minimum absolute atomic E-state index is 0.290. The molecule has 0 spiro atoms. The molecule has 0 saturated heterocycles. The fourth-order valence-electron chi connectivity index (χ4n) is 1.77. The van der Waals surface area contributed by atoms with E-state index in [1.807, 2.05) is 0 Å². The maximum Gasteiger partial charge on any atom is 0.387 e. The van der Waals surface area contributed by atoms with Gasteiger partial charge in [-0.05, 0) is 12.1 Å². The number of rotatable bonds is 5. The van der Waals surface area contributed by atoms with Crippen molar-refractivity contribution in [1.29, 1.82) is 0 Å². The molecule has 0 bridgehead atoms. The van der Waals surface area contributed by atoms with Gasteiger partial charge >= 0.3 is 6.61 Å². The van der Waals surface area contributed by atoms with Crippen LogP contribution in [-0.4, -0.2) is 16.6 Å². The predicted octanol–water partition coefficient (Wildman–Crippen LogP) is 4.76. The van der Waals surface area contributed by atoms with Crippen LogP contribution in [0.15, 0.2) is 24.4 Å². The van der Waals surface area contributed by atoms with Gasteiger partial charge < -0.3 is 4.74 Å². The smallest absolute Gasteiger partial charge is 0.387 e. The number of ether oxygens (including phenoxy) is 1. The van der Waals surface area contributed by atoms with Gasteiger partial charge in [0.25, 0.3) is 12.9 Å². The van der Waals surface area contributed by atoms with E-state index in [1.54, 1.807) is 0 Å². The molecule has 0 aliphatic rings. The Bertz CT molecular complexity index is 694. The largest absolute Gasteiger partial charge is 0.434 e. The van der Waals surface area contributed by atoms with Gasteiger partial charge in [0.05, 0.1) is 11.9 Å². The van der Waals surface area contributed by atoms with Crippen LogP contribution in [0.5, 0.6) is 5.75 Å². The van der Waals surface area contributed by atoms with E-state index >= 15 is 0 Å². The van der Waals surface area contributed by atoms with Crippen molar-refractivity contribution >= 4 is 0 Å². The van der Waals surface area contributed by atoms with Gasteiger partial charge in [-0.25, -0.2) is 26.9 Å². The normalized spacial score (nSPS) is 11.6. The minimum Gasteiger partial charge on any atom is -0.434 e. The van der Waals surface area contributed by atoms with Crippen molar-refractivity contribution in [3.05, 3.63) is 41.6 Å². The number of aromatic nitrogens is 2. The monoisotopic (exact) mass is 340 g/mol. The van der Waals surface area contributed by atoms with Gasteiger partial charge in [-0.3, -0.25) is 4.98 Å². The van der Waals surface area contributed by atoms with Gasteiger partial charge in [-0.2, -0.15) is 8.78 Å². The zero-order chi connectivity index (χ0) is 17.1. The van der Waals surface area contributed by atoms with Gasteiger partial charge in [0.15, 0.2) is 0 Å². The molecule has 0 aliphatic carbocycles. The maximum atomic E-state index is 13.1. The second-order valence-electron chi connectivity index (χ2n) is 4.15. The van der Waals surface area contributed by atoms with Gasteiger partial charge in [0.2, 0.25) is 0 Å². The molecule has 0 saturated carbocycles. The van der Waals surface area contributed by atoms with E-state index in [2.05, 4.69) is 14.7 Å². The molecule has 0 unspecified atom stereocenters. The Hall–Kier alpha value is -2.39. The van der Waals surface area contributed by atoms with Crippen molar-refractivity contribution in [1.82, 2.24) is 9.97 Å². The van der Waals surface area contributed by atoms with Crippen LogP contribution in [0.3, 0.4) is 0 Å². The quantitative estimate of drug-likeness (QED) is 0.736. The lowest BCUT2D eigenvalue weighted by molar-refractivity contribution is -0.0496. The number of halogens is 7. The van der Waals surface area contributed by atoms with Crippen LogP contribution in [0.4, 0.5) is 30.7 Å². The van der Waals surface area contributed by atoms with Crippen molar-refractivity contribution in [3.63, 3.8) is 0 Å². The summed E-state index contributed by atoms with van der Waals surface area (Å²) in [5.41, 5.74) is -3.23. The lowest BCUT2D eigenvalue weighted by Crippen LogP contribution is -2.06. The van der Waals surface area contributed by atoms with Gasteiger partial charge in [0.1, 0.15) is 23.0 Å². The standard InChI is InChI=1S/C13H7F7N2O/c14-5-1-2-6(8(3-5)23-13(19)20)7-4-21-9(11(15)16)10(22-7)12(17)18/h1-4,11-13H. The first-order chi connectivity index (χ1) is 10.8. The van der Waals surface area contributed by atoms with Crippen LogP contribution in [0, 0.1) is 5.82 Å². The van der Waals surface area contributed by atoms with E-state index < -0.39 is 48.1 Å². The Balaban J connectivity index is 2.56. The van der Waals surface area contributed by atoms with Crippen LogP contribution in [-0.2, 0) is 0 Å². The summed E-state index contributed by atoms with van der Waals surface area (Å²) in [5.74, 6) is -1.60. The zero-order valence-corrected chi connectivity index (χ0v) is 11.0. The molecule has 0 N–H and O–H groups in total. The molecule has 0 radical (unpaired) electrons. The Morgan fingerprint density at radius 1 is 0.913 bits per heavy atom. The first-order valence-corrected chi connectivity index (χ1v) is 5.97. The van der Waals surface area contributed by atoms with E-state index in [4.69, 9.17) is 0 Å². The average Bonchev–Trinajstić information content (AvgIpc) is 2.46. The molecular weight excluding hydrogens is 333 g/mol. The Kier molecular flexibility index (Phi) is 5.02. The molecule has 0 fully saturated rings. The molecular formula is C13H7F7N2O. The molecule has 3 nitrogen and oxygen atoms in total. The molecule has 2 aromatic rings. The van der Waals surface area contributed by atoms with E-state index in [0.29, 0.717) is 12.3 Å². The molecule has 124 valence electrons. The van der Waals surface area contributed by atoms with Gasteiger partial charge in [0, 0.05) is 11.6 Å². The molecule has 0 amide bonds. The first kappa shape index (κ1) is 17.0. The number of hydrogen-bond donors (Lipinski definition) is 0. The third-order valence-electron chi connectivity index (χ3n) is 2.68. The van der Waals surface area contributed by atoms with Gasteiger partial charge in [-0.1, -0.05) is 0 Å². The highest BCUT2D eigenvalue weighted by atomic mass is 19.3. The topological polar surface area (TPSA) is 35.0 Å². The summed E-state index contributed by atoms with van der Waals surface area (Å²) in [6, 6.07) is 2.37. The molecule has 1 aromatic carbocycles. The highest BCUT2D eigenvalue weighted by Gasteiger charge is 2.25. The second-order valence-corrected chi connectivity index (χ2v) is 4.15. The van der Waals surface area contributed by atoms with Crippen molar-refractivity contribution in [3.8, 4) is 17.0 Å². The third kappa shape index (κ3) is 3.88. The van der Waals surface area contributed by atoms with Crippen LogP contribution in [0.25, 0.3) is 11.3 Å². The summed E-state index contributed by atoms with van der Waals surface area (Å²) >= 11 is 0. The molecule has 1 aromatic heterocycles. The average molecular weight is 340 g/mol. The lowest BCUT2D eigenvalue weighted by Gasteiger charge is -2.12. The SMILES string of the molecule is Fc1ccc(-c2cnc(C(F)F)c(C(F)F)n2)c(OC(F)F)c1.